The third kappa shape index (κ3) is 3.56. The molecule has 0 fully saturated rings. The third-order valence-electron chi connectivity index (χ3n) is 3.70. The van der Waals surface area contributed by atoms with Gasteiger partial charge in [-0.15, -0.1) is 0 Å². The lowest BCUT2D eigenvalue weighted by Gasteiger charge is -2.23. The lowest BCUT2D eigenvalue weighted by molar-refractivity contribution is 0.147. The van der Waals surface area contributed by atoms with Crippen molar-refractivity contribution in [2.45, 2.75) is 18.9 Å². The molecular weight excluding hydrogens is 286 g/mol. The van der Waals surface area contributed by atoms with Crippen molar-refractivity contribution in [3.05, 3.63) is 64.2 Å². The molecule has 0 aliphatic heterocycles. The third-order valence-corrected chi connectivity index (χ3v) is 4.13. The van der Waals surface area contributed by atoms with Crippen LogP contribution < -0.4 is 10.5 Å². The van der Waals surface area contributed by atoms with Crippen LogP contribution in [0, 0.1) is 6.92 Å². The Morgan fingerprint density at radius 2 is 1.76 bits per heavy atom. The molecule has 2 rings (SSSR count). The van der Waals surface area contributed by atoms with Gasteiger partial charge in [-0.2, -0.15) is 0 Å². The first-order valence-electron chi connectivity index (χ1n) is 6.85. The number of rotatable bonds is 5. The minimum atomic E-state index is -0.667. The van der Waals surface area contributed by atoms with Gasteiger partial charge in [-0.1, -0.05) is 35.9 Å². The molecule has 0 aliphatic rings. The first-order valence-corrected chi connectivity index (χ1v) is 7.22. The fourth-order valence-corrected chi connectivity index (χ4v) is 2.50. The van der Waals surface area contributed by atoms with Crippen LogP contribution in [0.4, 0.5) is 0 Å². The molecule has 0 bridgehead atoms. The van der Waals surface area contributed by atoms with Gasteiger partial charge in [0.15, 0.2) is 0 Å². The second kappa shape index (κ2) is 6.94. The Bertz CT molecular complexity index is 598. The lowest BCUT2D eigenvalue weighted by Crippen LogP contribution is -2.20. The molecule has 2 atom stereocenters. The Hall–Kier alpha value is -1.55. The van der Waals surface area contributed by atoms with E-state index in [1.165, 1.54) is 0 Å². The van der Waals surface area contributed by atoms with Crippen LogP contribution in [-0.2, 0) is 0 Å². The Labute approximate surface area is 130 Å². The highest BCUT2D eigenvalue weighted by Crippen LogP contribution is 2.32. The SMILES string of the molecule is COc1ccc(C(CN)C(O)c2ccc(Cl)c(C)c2)cc1. The van der Waals surface area contributed by atoms with Gasteiger partial charge < -0.3 is 15.6 Å². The van der Waals surface area contributed by atoms with E-state index in [1.54, 1.807) is 13.2 Å². The van der Waals surface area contributed by atoms with E-state index in [0.717, 1.165) is 22.4 Å². The van der Waals surface area contributed by atoms with E-state index < -0.39 is 6.10 Å². The maximum Gasteiger partial charge on any atom is 0.118 e. The number of nitrogens with two attached hydrogens (primary N) is 1. The van der Waals surface area contributed by atoms with E-state index in [-0.39, 0.29) is 5.92 Å². The van der Waals surface area contributed by atoms with Crippen molar-refractivity contribution in [2.75, 3.05) is 13.7 Å². The van der Waals surface area contributed by atoms with Crippen LogP contribution in [0.2, 0.25) is 5.02 Å². The molecule has 0 aromatic heterocycles. The molecule has 0 amide bonds. The van der Waals surface area contributed by atoms with Crippen molar-refractivity contribution < 1.29 is 9.84 Å². The molecule has 0 spiro atoms. The van der Waals surface area contributed by atoms with Gasteiger partial charge >= 0.3 is 0 Å². The number of hydrogen-bond acceptors (Lipinski definition) is 3. The molecule has 0 saturated carbocycles. The summed E-state index contributed by atoms with van der Waals surface area (Å²) in [5.74, 6) is 0.614. The number of ether oxygens (including phenoxy) is 1. The molecule has 2 unspecified atom stereocenters. The Morgan fingerprint density at radius 1 is 1.14 bits per heavy atom. The fraction of sp³-hybridized carbons (Fsp3) is 0.294. The largest absolute Gasteiger partial charge is 0.497 e. The molecule has 0 heterocycles. The maximum absolute atomic E-state index is 10.6. The zero-order chi connectivity index (χ0) is 15.4. The quantitative estimate of drug-likeness (QED) is 0.890. The highest BCUT2D eigenvalue weighted by atomic mass is 35.5. The van der Waals surface area contributed by atoms with Crippen LogP contribution in [0.15, 0.2) is 42.5 Å². The van der Waals surface area contributed by atoms with Gasteiger partial charge in [0, 0.05) is 17.5 Å². The summed E-state index contributed by atoms with van der Waals surface area (Å²) in [6, 6.07) is 13.2. The standard InChI is InChI=1S/C17H20ClNO2/c1-11-9-13(5-8-16(11)18)17(20)15(10-19)12-3-6-14(21-2)7-4-12/h3-9,15,17,20H,10,19H2,1-2H3. The van der Waals surface area contributed by atoms with E-state index in [9.17, 15) is 5.11 Å². The molecule has 4 heteroatoms. The van der Waals surface area contributed by atoms with Gasteiger partial charge in [-0.25, -0.2) is 0 Å². The van der Waals surface area contributed by atoms with Crippen molar-refractivity contribution in [3.8, 4) is 5.75 Å². The van der Waals surface area contributed by atoms with Crippen LogP contribution in [-0.4, -0.2) is 18.8 Å². The summed E-state index contributed by atoms with van der Waals surface area (Å²) in [7, 11) is 1.63. The van der Waals surface area contributed by atoms with Gasteiger partial charge in [0.2, 0.25) is 0 Å². The fourth-order valence-electron chi connectivity index (χ4n) is 2.38. The minimum absolute atomic E-state index is 0.170. The summed E-state index contributed by atoms with van der Waals surface area (Å²) < 4.78 is 5.15. The molecule has 112 valence electrons. The zero-order valence-electron chi connectivity index (χ0n) is 12.2. The van der Waals surface area contributed by atoms with Crippen LogP contribution in [0.25, 0.3) is 0 Å². The summed E-state index contributed by atoms with van der Waals surface area (Å²) in [4.78, 5) is 0. The van der Waals surface area contributed by atoms with Gasteiger partial charge in [0.25, 0.3) is 0 Å². The first kappa shape index (κ1) is 15.8. The number of methoxy groups -OCH3 is 1. The Balaban J connectivity index is 2.28. The normalized spacial score (nSPS) is 13.8. The number of halogens is 1. The number of benzene rings is 2. The Morgan fingerprint density at radius 3 is 2.29 bits per heavy atom. The predicted octanol–water partition coefficient (Wildman–Crippen LogP) is 3.43. The highest BCUT2D eigenvalue weighted by Gasteiger charge is 2.22. The van der Waals surface area contributed by atoms with Gasteiger partial charge in [0.05, 0.1) is 13.2 Å². The topological polar surface area (TPSA) is 55.5 Å². The highest BCUT2D eigenvalue weighted by molar-refractivity contribution is 6.31. The van der Waals surface area contributed by atoms with Crippen molar-refractivity contribution in [1.82, 2.24) is 0 Å². The molecule has 0 radical (unpaired) electrons. The molecular formula is C17H20ClNO2. The summed E-state index contributed by atoms with van der Waals surface area (Å²) in [5, 5.41) is 11.3. The second-order valence-electron chi connectivity index (χ2n) is 5.07. The summed E-state index contributed by atoms with van der Waals surface area (Å²) in [5.41, 5.74) is 8.61. The second-order valence-corrected chi connectivity index (χ2v) is 5.48. The summed E-state index contributed by atoms with van der Waals surface area (Å²) in [6.07, 6.45) is -0.667. The van der Waals surface area contributed by atoms with Crippen molar-refractivity contribution in [2.24, 2.45) is 5.73 Å². The minimum Gasteiger partial charge on any atom is -0.497 e. The number of hydrogen-bond donors (Lipinski definition) is 2. The average molecular weight is 306 g/mol. The van der Waals surface area contributed by atoms with E-state index in [2.05, 4.69) is 0 Å². The monoisotopic (exact) mass is 305 g/mol. The first-order chi connectivity index (χ1) is 10.1. The molecule has 0 aliphatic carbocycles. The molecule has 2 aromatic carbocycles. The van der Waals surface area contributed by atoms with Crippen molar-refractivity contribution in [3.63, 3.8) is 0 Å². The van der Waals surface area contributed by atoms with Crippen LogP contribution >= 0.6 is 11.6 Å². The van der Waals surface area contributed by atoms with Crippen LogP contribution in [0.3, 0.4) is 0 Å². The van der Waals surface area contributed by atoms with Gasteiger partial charge in [0.1, 0.15) is 5.75 Å². The van der Waals surface area contributed by atoms with E-state index in [0.29, 0.717) is 11.6 Å². The molecule has 3 N–H and O–H groups in total. The van der Waals surface area contributed by atoms with Gasteiger partial charge in [-0.05, 0) is 41.8 Å². The molecule has 3 nitrogen and oxygen atoms in total. The van der Waals surface area contributed by atoms with Gasteiger partial charge in [-0.3, -0.25) is 0 Å². The van der Waals surface area contributed by atoms with E-state index in [1.807, 2.05) is 43.3 Å². The average Bonchev–Trinajstić information content (AvgIpc) is 2.51. The van der Waals surface area contributed by atoms with Crippen molar-refractivity contribution in [1.29, 1.82) is 0 Å². The summed E-state index contributed by atoms with van der Waals surface area (Å²) >= 11 is 6.03. The van der Waals surface area contributed by atoms with Crippen LogP contribution in [0.5, 0.6) is 5.75 Å². The van der Waals surface area contributed by atoms with Crippen LogP contribution in [0.1, 0.15) is 28.7 Å². The van der Waals surface area contributed by atoms with E-state index in [4.69, 9.17) is 22.1 Å². The number of aliphatic hydroxyl groups excluding tert-OH is 1. The lowest BCUT2D eigenvalue weighted by atomic mass is 9.88. The molecule has 2 aromatic rings. The number of aliphatic hydroxyl groups is 1. The maximum atomic E-state index is 10.6. The van der Waals surface area contributed by atoms with E-state index >= 15 is 0 Å². The van der Waals surface area contributed by atoms with Crippen molar-refractivity contribution >= 4 is 11.6 Å². The Kier molecular flexibility index (Phi) is 5.23. The molecule has 21 heavy (non-hydrogen) atoms. The smallest absolute Gasteiger partial charge is 0.118 e. The predicted molar refractivity (Wildman–Crippen MR) is 85.9 cm³/mol. The summed E-state index contributed by atoms with van der Waals surface area (Å²) in [6.45, 7) is 2.28. The molecule has 0 saturated heterocycles. The number of aryl methyl sites for hydroxylation is 1. The zero-order valence-corrected chi connectivity index (χ0v) is 13.0.